The lowest BCUT2D eigenvalue weighted by molar-refractivity contribution is -0.115. The molecule has 1 aliphatic rings. The zero-order valence-electron chi connectivity index (χ0n) is 12.0. The number of allylic oxidation sites excluding steroid dienone is 2. The molecular weight excluding hydrogens is 258 g/mol. The van der Waals surface area contributed by atoms with Gasteiger partial charge in [-0.2, -0.15) is 0 Å². The molecule has 3 rings (SSSR count). The van der Waals surface area contributed by atoms with Gasteiger partial charge >= 0.3 is 0 Å². The van der Waals surface area contributed by atoms with Crippen LogP contribution >= 0.6 is 0 Å². The first-order valence-electron chi connectivity index (χ1n) is 7.43. The quantitative estimate of drug-likeness (QED) is 0.915. The summed E-state index contributed by atoms with van der Waals surface area (Å²) in [5.74, 6) is 0.226. The molecule has 0 spiro atoms. The Labute approximate surface area is 125 Å². The summed E-state index contributed by atoms with van der Waals surface area (Å²) in [6, 6.07) is 20.8. The van der Waals surface area contributed by atoms with Crippen LogP contribution < -0.4 is 5.32 Å². The van der Waals surface area contributed by atoms with E-state index in [1.54, 1.807) is 6.08 Å². The maximum atomic E-state index is 11.6. The van der Waals surface area contributed by atoms with Crippen LogP contribution in [-0.2, 0) is 4.79 Å². The van der Waals surface area contributed by atoms with Crippen molar-refractivity contribution >= 4 is 5.78 Å². The first-order valence-corrected chi connectivity index (χ1v) is 7.43. The Morgan fingerprint density at radius 3 is 1.90 bits per heavy atom. The molecule has 0 unspecified atom stereocenters. The van der Waals surface area contributed by atoms with Gasteiger partial charge in [0.15, 0.2) is 5.78 Å². The van der Waals surface area contributed by atoms with Crippen LogP contribution in [0, 0.1) is 0 Å². The molecule has 2 aromatic rings. The number of benzene rings is 2. The average Bonchev–Trinajstić information content (AvgIpc) is 2.54. The summed E-state index contributed by atoms with van der Waals surface area (Å²) in [4.78, 5) is 11.6. The fourth-order valence-electron chi connectivity index (χ4n) is 2.74. The van der Waals surface area contributed by atoms with E-state index in [0.29, 0.717) is 6.42 Å². The van der Waals surface area contributed by atoms with Gasteiger partial charge in [0, 0.05) is 18.2 Å². The third-order valence-electron chi connectivity index (χ3n) is 3.80. The minimum atomic E-state index is 0.0875. The van der Waals surface area contributed by atoms with E-state index in [9.17, 15) is 4.79 Å². The van der Waals surface area contributed by atoms with Gasteiger partial charge < -0.3 is 5.32 Å². The van der Waals surface area contributed by atoms with E-state index in [-0.39, 0.29) is 11.8 Å². The fourth-order valence-corrected chi connectivity index (χ4v) is 2.74. The summed E-state index contributed by atoms with van der Waals surface area (Å²) in [6.45, 7) is 0. The van der Waals surface area contributed by atoms with Crippen LogP contribution in [-0.4, -0.2) is 5.78 Å². The van der Waals surface area contributed by atoms with Crippen molar-refractivity contribution in [3.8, 4) is 0 Å². The number of ketones is 1. The molecule has 106 valence electrons. The predicted molar refractivity (Wildman–Crippen MR) is 84.8 cm³/mol. The predicted octanol–water partition coefficient (Wildman–Crippen LogP) is 4.00. The third kappa shape index (κ3) is 3.40. The molecule has 1 aliphatic carbocycles. The van der Waals surface area contributed by atoms with E-state index in [1.807, 2.05) is 36.4 Å². The SMILES string of the molecule is O=C1C=C(NC(c2ccccc2)c2ccccc2)CCC1. The number of hydrogen-bond acceptors (Lipinski definition) is 2. The van der Waals surface area contributed by atoms with Gasteiger partial charge in [0.25, 0.3) is 0 Å². The van der Waals surface area contributed by atoms with Gasteiger partial charge in [0.1, 0.15) is 0 Å². The van der Waals surface area contributed by atoms with Crippen molar-refractivity contribution in [3.05, 3.63) is 83.6 Å². The van der Waals surface area contributed by atoms with Gasteiger partial charge in [0.05, 0.1) is 6.04 Å². The van der Waals surface area contributed by atoms with Crippen molar-refractivity contribution in [1.82, 2.24) is 5.32 Å². The summed E-state index contributed by atoms with van der Waals surface area (Å²) in [5, 5.41) is 3.56. The highest BCUT2D eigenvalue weighted by Crippen LogP contribution is 2.25. The molecule has 0 bridgehead atoms. The van der Waals surface area contributed by atoms with Crippen LogP contribution in [0.15, 0.2) is 72.4 Å². The molecule has 0 fully saturated rings. The molecule has 0 radical (unpaired) electrons. The number of rotatable bonds is 4. The molecule has 0 aromatic heterocycles. The first-order chi connectivity index (χ1) is 10.3. The maximum Gasteiger partial charge on any atom is 0.157 e. The Morgan fingerprint density at radius 1 is 0.810 bits per heavy atom. The van der Waals surface area contributed by atoms with Crippen molar-refractivity contribution in [2.24, 2.45) is 0 Å². The highest BCUT2D eigenvalue weighted by molar-refractivity contribution is 5.91. The monoisotopic (exact) mass is 277 g/mol. The van der Waals surface area contributed by atoms with Crippen molar-refractivity contribution < 1.29 is 4.79 Å². The highest BCUT2D eigenvalue weighted by Gasteiger charge is 2.17. The molecule has 21 heavy (non-hydrogen) atoms. The fraction of sp³-hybridized carbons (Fsp3) is 0.211. The average molecular weight is 277 g/mol. The molecule has 0 saturated heterocycles. The Balaban J connectivity index is 1.92. The van der Waals surface area contributed by atoms with E-state index in [1.165, 1.54) is 11.1 Å². The second kappa shape index (κ2) is 6.40. The van der Waals surface area contributed by atoms with Crippen LogP contribution in [0.2, 0.25) is 0 Å². The van der Waals surface area contributed by atoms with Crippen molar-refractivity contribution in [1.29, 1.82) is 0 Å². The van der Waals surface area contributed by atoms with E-state index in [2.05, 4.69) is 29.6 Å². The second-order valence-electron chi connectivity index (χ2n) is 5.39. The van der Waals surface area contributed by atoms with Crippen molar-refractivity contribution in [2.45, 2.75) is 25.3 Å². The summed E-state index contributed by atoms with van der Waals surface area (Å²) in [5.41, 5.74) is 3.47. The van der Waals surface area contributed by atoms with Crippen LogP contribution in [0.25, 0.3) is 0 Å². The molecule has 2 heteroatoms. The zero-order chi connectivity index (χ0) is 14.5. The van der Waals surface area contributed by atoms with Gasteiger partial charge in [-0.3, -0.25) is 4.79 Å². The lowest BCUT2D eigenvalue weighted by Crippen LogP contribution is -2.24. The molecular formula is C19H19NO. The van der Waals surface area contributed by atoms with Gasteiger partial charge in [-0.1, -0.05) is 60.7 Å². The van der Waals surface area contributed by atoms with Gasteiger partial charge in [-0.15, -0.1) is 0 Å². The van der Waals surface area contributed by atoms with Gasteiger partial charge in [-0.25, -0.2) is 0 Å². The third-order valence-corrected chi connectivity index (χ3v) is 3.80. The van der Waals surface area contributed by atoms with Crippen LogP contribution in [0.5, 0.6) is 0 Å². The molecule has 0 amide bonds. The molecule has 2 aromatic carbocycles. The largest absolute Gasteiger partial charge is 0.377 e. The van der Waals surface area contributed by atoms with E-state index in [4.69, 9.17) is 0 Å². The number of carbonyl (C=O) groups excluding carboxylic acids is 1. The molecule has 0 saturated carbocycles. The minimum Gasteiger partial charge on any atom is -0.377 e. The Morgan fingerprint density at radius 2 is 1.38 bits per heavy atom. The Bertz CT molecular complexity index is 592. The second-order valence-corrected chi connectivity index (χ2v) is 5.39. The van der Waals surface area contributed by atoms with Crippen LogP contribution in [0.3, 0.4) is 0 Å². The van der Waals surface area contributed by atoms with Crippen LogP contribution in [0.1, 0.15) is 36.4 Å². The van der Waals surface area contributed by atoms with Gasteiger partial charge in [0.2, 0.25) is 0 Å². The first kappa shape index (κ1) is 13.6. The van der Waals surface area contributed by atoms with E-state index >= 15 is 0 Å². The van der Waals surface area contributed by atoms with Crippen molar-refractivity contribution in [3.63, 3.8) is 0 Å². The standard InChI is InChI=1S/C19H19NO/c21-18-13-7-12-17(14-18)20-19(15-8-3-1-4-9-15)16-10-5-2-6-11-16/h1-6,8-11,14,19-20H,7,12-13H2. The summed E-state index contributed by atoms with van der Waals surface area (Å²) < 4.78 is 0. The number of hydrogen-bond donors (Lipinski definition) is 1. The van der Waals surface area contributed by atoms with Crippen LogP contribution in [0.4, 0.5) is 0 Å². The van der Waals surface area contributed by atoms with Gasteiger partial charge in [-0.05, 0) is 24.0 Å². The lowest BCUT2D eigenvalue weighted by Gasteiger charge is -2.24. The van der Waals surface area contributed by atoms with Crippen molar-refractivity contribution in [2.75, 3.05) is 0 Å². The van der Waals surface area contributed by atoms with E-state index in [0.717, 1.165) is 18.5 Å². The topological polar surface area (TPSA) is 29.1 Å². The Kier molecular flexibility index (Phi) is 4.15. The molecule has 1 N–H and O–H groups in total. The Hall–Kier alpha value is -2.35. The number of nitrogens with one attached hydrogen (secondary N) is 1. The highest BCUT2D eigenvalue weighted by atomic mass is 16.1. The number of carbonyl (C=O) groups is 1. The maximum absolute atomic E-state index is 11.6. The molecule has 0 atom stereocenters. The molecule has 0 heterocycles. The zero-order valence-corrected chi connectivity index (χ0v) is 12.0. The van der Waals surface area contributed by atoms with E-state index < -0.39 is 0 Å². The molecule has 0 aliphatic heterocycles. The smallest absolute Gasteiger partial charge is 0.157 e. The summed E-state index contributed by atoms with van der Waals surface area (Å²) in [6.07, 6.45) is 4.32. The summed E-state index contributed by atoms with van der Waals surface area (Å²) >= 11 is 0. The lowest BCUT2D eigenvalue weighted by atomic mass is 9.96. The normalized spacial score (nSPS) is 14.9. The molecule has 2 nitrogen and oxygen atoms in total. The summed E-state index contributed by atoms with van der Waals surface area (Å²) in [7, 11) is 0. The minimum absolute atomic E-state index is 0.0875.